The van der Waals surface area contributed by atoms with Crippen molar-refractivity contribution in [3.8, 4) is 33.8 Å². The van der Waals surface area contributed by atoms with Crippen molar-refractivity contribution in [2.75, 3.05) is 146 Å². The monoisotopic (exact) mass is 1830 g/mol. The number of anilines is 9. The van der Waals surface area contributed by atoms with Gasteiger partial charge in [0.1, 0.15) is 63.6 Å². The highest BCUT2D eigenvalue weighted by Crippen LogP contribution is 2.31. The number of nitrogens with zero attached hydrogens (tertiary/aromatic N) is 9. The van der Waals surface area contributed by atoms with Crippen LogP contribution >= 0.6 is 0 Å². The summed E-state index contributed by atoms with van der Waals surface area (Å²) < 4.78 is 54.8. The molecule has 12 rings (SSSR count). The first-order chi connectivity index (χ1) is 63.6. The number of hydroxylamine groups is 6. The van der Waals surface area contributed by atoms with Crippen molar-refractivity contribution in [1.29, 1.82) is 0 Å². The molecule has 36 nitrogen and oxygen atoms in total. The number of carbonyl (C=O) groups excluding carboxylic acids is 8. The first kappa shape index (κ1) is 101. The van der Waals surface area contributed by atoms with Crippen LogP contribution in [0.4, 0.5) is 89.1 Å². The topological polar surface area (TPSA) is 476 Å². The number of likely N-dealkylation sites (tertiary alicyclic amines) is 3. The zero-order valence-corrected chi connectivity index (χ0v) is 76.6. The first-order valence-electron chi connectivity index (χ1n) is 44.7. The molecule has 39 heteroatoms. The molecular formula is C94H121F3N24O12. The van der Waals surface area contributed by atoms with Crippen LogP contribution in [0.15, 0.2) is 146 Å². The third-order valence-corrected chi connectivity index (χ3v) is 21.1. The Morgan fingerprint density at radius 2 is 0.737 bits per heavy atom. The Hall–Kier alpha value is -13.9. The molecule has 3 aromatic carbocycles. The minimum Gasteiger partial charge on any atom is -0.633 e. The normalized spacial score (nSPS) is 13.9. The van der Waals surface area contributed by atoms with E-state index in [1.54, 1.807) is 139 Å². The average molecular weight is 1840 g/mol. The van der Waals surface area contributed by atoms with Gasteiger partial charge >= 0.3 is 30.3 Å². The molecule has 3 saturated heterocycles. The number of aromatic nitrogens is 6. The highest BCUT2D eigenvalue weighted by atomic mass is 19.1. The minimum absolute atomic E-state index is 0.00657. The lowest BCUT2D eigenvalue weighted by atomic mass is 10.1. The largest absolute Gasteiger partial charge is 0.633 e. The zero-order valence-electron chi connectivity index (χ0n) is 76.6. The molecule has 0 saturated carbocycles. The highest BCUT2D eigenvalue weighted by Gasteiger charge is 2.27. The zero-order chi connectivity index (χ0) is 95.7. The molecule has 3 aliphatic rings. The fourth-order valence-electron chi connectivity index (χ4n) is 14.4. The van der Waals surface area contributed by atoms with Gasteiger partial charge in [-0.25, -0.2) is 67.0 Å². The molecule has 9 heterocycles. The number of hydrogen-bond acceptors (Lipinski definition) is 23. The molecule has 3 aliphatic heterocycles. The van der Waals surface area contributed by atoms with Crippen LogP contribution in [-0.4, -0.2) is 201 Å². The second kappa shape index (κ2) is 48.8. The molecule has 11 amide bonds. The number of halogens is 3. The summed E-state index contributed by atoms with van der Waals surface area (Å²) in [6, 6.07) is 31.0. The van der Waals surface area contributed by atoms with E-state index < -0.39 is 58.9 Å². The molecular weight excluding hydrogens is 1710 g/mol. The smallest absolute Gasteiger partial charge is 0.413 e. The number of nitrogens with one attached hydrogen (secondary N) is 14. The second-order valence-electron chi connectivity index (χ2n) is 34.1. The summed E-state index contributed by atoms with van der Waals surface area (Å²) in [6.07, 6.45) is 12.8. The van der Waals surface area contributed by atoms with E-state index in [9.17, 15) is 53.2 Å². The van der Waals surface area contributed by atoms with Crippen LogP contribution in [0.5, 0.6) is 0 Å². The first-order valence-corrected chi connectivity index (χ1v) is 44.7. The number of nitrogens with two attached hydrogens (primary N) is 1. The van der Waals surface area contributed by atoms with Gasteiger partial charge in [0.15, 0.2) is 0 Å². The number of piperidine rings is 3. The van der Waals surface area contributed by atoms with E-state index in [0.29, 0.717) is 162 Å². The van der Waals surface area contributed by atoms with Crippen LogP contribution in [0.2, 0.25) is 0 Å². The Morgan fingerprint density at radius 3 is 1.05 bits per heavy atom. The third-order valence-electron chi connectivity index (χ3n) is 21.1. The number of rotatable bonds is 32. The van der Waals surface area contributed by atoms with E-state index in [1.807, 2.05) is 20.8 Å². The van der Waals surface area contributed by atoms with Crippen LogP contribution in [0, 0.1) is 27.9 Å². The van der Waals surface area contributed by atoms with E-state index in [0.717, 1.165) is 63.7 Å². The van der Waals surface area contributed by atoms with Crippen LogP contribution in [-0.2, 0) is 29.1 Å². The fraction of sp³-hybridized carbons (Fsp3) is 0.404. The maximum absolute atomic E-state index is 15.1. The molecule has 0 spiro atoms. The highest BCUT2D eigenvalue weighted by molar-refractivity contribution is 6.01. The Balaban J connectivity index is 0.000000207. The van der Waals surface area contributed by atoms with Gasteiger partial charge in [0.2, 0.25) is 0 Å². The summed E-state index contributed by atoms with van der Waals surface area (Å²) in [7, 11) is 0. The van der Waals surface area contributed by atoms with Gasteiger partial charge in [-0.1, -0.05) is 42.8 Å². The number of ether oxygens (including phenoxy) is 2. The molecule has 0 radical (unpaired) electrons. The molecule has 0 unspecified atom stereocenters. The van der Waals surface area contributed by atoms with Crippen molar-refractivity contribution in [3.05, 3.63) is 207 Å². The van der Waals surface area contributed by atoms with Crippen molar-refractivity contribution in [2.45, 2.75) is 151 Å². The number of benzene rings is 3. The molecule has 0 bridgehead atoms. The summed E-state index contributed by atoms with van der Waals surface area (Å²) in [5.41, 5.74) is 10.2. The molecule has 710 valence electrons. The number of quaternary nitrogens is 2. The van der Waals surface area contributed by atoms with Crippen LogP contribution in [0.3, 0.4) is 0 Å². The van der Waals surface area contributed by atoms with Crippen molar-refractivity contribution in [3.63, 3.8) is 0 Å². The van der Waals surface area contributed by atoms with Gasteiger partial charge in [0, 0.05) is 87.6 Å². The molecule has 3 fully saturated rings. The fourth-order valence-corrected chi connectivity index (χ4v) is 14.4. The molecule has 6 aromatic heterocycles. The van der Waals surface area contributed by atoms with Gasteiger partial charge in [-0.15, -0.1) is 0 Å². The van der Waals surface area contributed by atoms with Gasteiger partial charge < -0.3 is 104 Å². The predicted molar refractivity (Wildman–Crippen MR) is 507 cm³/mol. The molecule has 16 N–H and O–H groups in total. The summed E-state index contributed by atoms with van der Waals surface area (Å²) in [6.45, 7) is 25.3. The lowest BCUT2D eigenvalue weighted by Crippen LogP contribution is -2.50. The van der Waals surface area contributed by atoms with Crippen molar-refractivity contribution in [2.24, 2.45) is 0 Å². The maximum atomic E-state index is 15.1. The van der Waals surface area contributed by atoms with Crippen LogP contribution in [0.25, 0.3) is 33.8 Å². The van der Waals surface area contributed by atoms with Crippen molar-refractivity contribution >= 4 is 100.0 Å². The maximum Gasteiger partial charge on any atom is 0.413 e. The third kappa shape index (κ3) is 32.9. The molecule has 9 aromatic rings. The second-order valence-corrected chi connectivity index (χ2v) is 34.1. The lowest BCUT2D eigenvalue weighted by Gasteiger charge is -2.45. The van der Waals surface area contributed by atoms with Crippen molar-refractivity contribution in [1.82, 2.24) is 66.7 Å². The van der Waals surface area contributed by atoms with Crippen LogP contribution in [0.1, 0.15) is 168 Å². The minimum atomic E-state index is -0.669. The Bertz CT molecular complexity index is 5440. The van der Waals surface area contributed by atoms with Gasteiger partial charge in [0.25, 0.3) is 17.7 Å². The predicted octanol–water partition coefficient (Wildman–Crippen LogP) is 15.1. The van der Waals surface area contributed by atoms with E-state index in [4.69, 9.17) is 15.2 Å². The van der Waals surface area contributed by atoms with Gasteiger partial charge in [-0.2, -0.15) is 0 Å². The van der Waals surface area contributed by atoms with Gasteiger partial charge in [0.05, 0.1) is 103 Å². The molecule has 0 atom stereocenters. The summed E-state index contributed by atoms with van der Waals surface area (Å²) in [4.78, 5) is 128. The summed E-state index contributed by atoms with van der Waals surface area (Å²) >= 11 is 0. The van der Waals surface area contributed by atoms with E-state index in [1.165, 1.54) is 68.1 Å². The number of nitrogen functional groups attached to an aromatic ring is 1. The molecule has 0 aliphatic carbocycles. The van der Waals surface area contributed by atoms with E-state index >= 15 is 8.78 Å². The number of hydrogen-bond donors (Lipinski definition) is 15. The number of amides is 11. The standard InChI is InChI=1S/C33H43FN8O5.C33H43FN8O4.C28H35FN8O3/c1-5-35-29-24(30(43)36-15-18-42(46)16-7-6-8-17-42)11-13-26(39-29)23-10-12-27(25(34)19-23)40-31(44)38-21-22-9-14-28(37-20-22)41-32(45)47-33(2,3)4;1-5-35-29-24(30(43)36-15-18-42-16-7-6-8-17-42)11-13-26(39-29)23-10-12-27(25(34)19-23)40-31(44)38-21-22-9-14-28(37-20-22)41-32(45)46-33(2,3)4;1-2-31-26-21(27(38)32-12-15-37(40)13-4-3-5-14-37)8-10-23(35-26)20-7-9-24(22(29)16-20)36-28(39)34-18-19-6-11-25(30)33-17-19/h9-14,19-20H,5-8,15-18,21H2,1-4H3,(H,35,39)(H,36,43)(H,37,41,45)(H2,38,40,44);9-14,19-20H,5-8,15-18,21H2,1-4H3,(H,35,39)(H,36,43)(H,37,41,45)(H2,38,40,44);6-11,16-17H,2-5,12-15,18H2,1H3,(H2,30,33)(H,31,35)(H,32,38)(H2,34,36,39). The van der Waals surface area contributed by atoms with Crippen molar-refractivity contribution < 1.29 is 70.3 Å². The number of pyridine rings is 6. The lowest BCUT2D eigenvalue weighted by molar-refractivity contribution is -0.884. The SMILES string of the molecule is CCNc1nc(-c2ccc(NC(=O)NCc3ccc(N)nc3)c(F)c2)ccc1C(=O)NCC[N+]1([O-])CCCCC1.CCNc1nc(-c2ccc(NC(=O)NCc3ccc(NC(=O)OC(C)(C)C)nc3)c(F)c2)ccc1C(=O)NCCN1CCCCC1.CCNc1nc(-c2ccc(NC(=O)NCc3ccc(NC(=O)OC(C)(C)C)nc3)c(F)c2)ccc1C(=O)NCC[N+]1([O-])CCCCC1. The van der Waals surface area contributed by atoms with Gasteiger partial charge in [-0.3, -0.25) is 25.0 Å². The molecule has 133 heavy (non-hydrogen) atoms. The Kier molecular flexibility index (Phi) is 37.2. The average Bonchev–Trinajstić information content (AvgIpc) is 0.815. The summed E-state index contributed by atoms with van der Waals surface area (Å²) in [5, 5.41) is 64.0. The number of carbonyl (C=O) groups is 8. The van der Waals surface area contributed by atoms with Gasteiger partial charge in [-0.05, 0) is 234 Å². The van der Waals surface area contributed by atoms with Crippen LogP contribution < -0.4 is 80.2 Å². The summed E-state index contributed by atoms with van der Waals surface area (Å²) in [5.74, 6) is -0.734. The quantitative estimate of drug-likeness (QED) is 0.0137. The van der Waals surface area contributed by atoms with E-state index in [2.05, 4.69) is 109 Å². The Morgan fingerprint density at radius 1 is 0.406 bits per heavy atom. The van der Waals surface area contributed by atoms with E-state index in [-0.39, 0.29) is 76.8 Å². The number of urea groups is 3. The Labute approximate surface area is 771 Å².